The fourth-order valence-electron chi connectivity index (χ4n) is 3.31. The number of thiazole rings is 1. The highest BCUT2D eigenvalue weighted by Gasteiger charge is 2.20. The van der Waals surface area contributed by atoms with Gasteiger partial charge in [0.25, 0.3) is 0 Å². The van der Waals surface area contributed by atoms with Crippen LogP contribution >= 0.6 is 11.3 Å². The number of esters is 1. The molecule has 0 bridgehead atoms. The van der Waals surface area contributed by atoms with E-state index in [0.29, 0.717) is 22.7 Å². The van der Waals surface area contributed by atoms with Gasteiger partial charge < -0.3 is 9.30 Å². The van der Waals surface area contributed by atoms with Gasteiger partial charge in [0.2, 0.25) is 5.78 Å². The zero-order chi connectivity index (χ0) is 21.1. The van der Waals surface area contributed by atoms with Crippen LogP contribution in [0.5, 0.6) is 0 Å². The first-order valence-electron chi connectivity index (χ1n) is 9.31. The van der Waals surface area contributed by atoms with Crippen LogP contribution in [-0.4, -0.2) is 27.9 Å². The predicted molar refractivity (Wildman–Crippen MR) is 110 cm³/mol. The number of Topliss-reactive ketones (excluding diaryl/α,β-unsaturated/α-hetero) is 1. The average Bonchev–Trinajstić information content (AvgIpc) is 3.17. The molecule has 0 saturated carbocycles. The minimum Gasteiger partial charge on any atom is -0.453 e. The highest BCUT2D eigenvalue weighted by atomic mass is 32.1. The highest BCUT2D eigenvalue weighted by molar-refractivity contribution is 7.13. The first kappa shape index (κ1) is 20.9. The zero-order valence-electron chi connectivity index (χ0n) is 16.9. The van der Waals surface area contributed by atoms with E-state index in [4.69, 9.17) is 4.74 Å². The van der Waals surface area contributed by atoms with Crippen molar-refractivity contribution in [2.24, 2.45) is 0 Å². The number of aryl methyl sites for hydroxylation is 4. The standard InChI is InChI=1S/C22H23FN2O3S/c1-13-11-19(15(3)25(13)10-9-17-5-7-18(23)8-6-17)20(26)12-28-22(27)21-14(2)24-16(4)29-21/h5-8,11H,9-10,12H2,1-4H3. The van der Waals surface area contributed by atoms with Crippen molar-refractivity contribution in [1.82, 2.24) is 9.55 Å². The number of benzene rings is 1. The molecule has 3 aromatic rings. The molecule has 3 rings (SSSR count). The molecule has 2 aromatic heterocycles. The lowest BCUT2D eigenvalue weighted by Crippen LogP contribution is -2.15. The van der Waals surface area contributed by atoms with Gasteiger partial charge in [-0.05, 0) is 57.9 Å². The Balaban J connectivity index is 1.65. The molecule has 2 heterocycles. The molecular formula is C22H23FN2O3S. The van der Waals surface area contributed by atoms with E-state index in [9.17, 15) is 14.0 Å². The molecule has 0 aliphatic heterocycles. The number of ether oxygens (including phenoxy) is 1. The highest BCUT2D eigenvalue weighted by Crippen LogP contribution is 2.20. The molecule has 7 heteroatoms. The maximum absolute atomic E-state index is 13.0. The van der Waals surface area contributed by atoms with E-state index < -0.39 is 5.97 Å². The Morgan fingerprint density at radius 1 is 1.14 bits per heavy atom. The van der Waals surface area contributed by atoms with Gasteiger partial charge in [-0.1, -0.05) is 12.1 Å². The van der Waals surface area contributed by atoms with Gasteiger partial charge in [0.15, 0.2) is 6.61 Å². The Bertz CT molecular complexity index is 1050. The zero-order valence-corrected chi connectivity index (χ0v) is 17.7. The smallest absolute Gasteiger partial charge is 0.350 e. The predicted octanol–water partition coefficient (Wildman–Crippen LogP) is 4.60. The molecule has 0 unspecified atom stereocenters. The van der Waals surface area contributed by atoms with Crippen LogP contribution in [0, 0.1) is 33.5 Å². The van der Waals surface area contributed by atoms with Gasteiger partial charge in [-0.15, -0.1) is 11.3 Å². The lowest BCUT2D eigenvalue weighted by atomic mass is 10.1. The molecule has 29 heavy (non-hydrogen) atoms. The molecule has 0 atom stereocenters. The van der Waals surface area contributed by atoms with Crippen LogP contribution < -0.4 is 0 Å². The van der Waals surface area contributed by atoms with Crippen LogP contribution in [0.4, 0.5) is 4.39 Å². The maximum Gasteiger partial charge on any atom is 0.350 e. The summed E-state index contributed by atoms with van der Waals surface area (Å²) in [5.74, 6) is -1.02. The van der Waals surface area contributed by atoms with E-state index in [0.717, 1.165) is 28.4 Å². The fraction of sp³-hybridized carbons (Fsp3) is 0.318. The van der Waals surface area contributed by atoms with E-state index in [1.54, 1.807) is 19.1 Å². The summed E-state index contributed by atoms with van der Waals surface area (Å²) >= 11 is 1.26. The lowest BCUT2D eigenvalue weighted by Gasteiger charge is -2.10. The molecule has 0 radical (unpaired) electrons. The third-order valence-electron chi connectivity index (χ3n) is 4.83. The van der Waals surface area contributed by atoms with E-state index in [1.165, 1.54) is 23.5 Å². The lowest BCUT2D eigenvalue weighted by molar-refractivity contribution is 0.0478. The summed E-state index contributed by atoms with van der Waals surface area (Å²) in [7, 11) is 0. The van der Waals surface area contributed by atoms with Gasteiger partial charge in [0, 0.05) is 23.5 Å². The number of rotatable bonds is 7. The Labute approximate surface area is 173 Å². The number of hydrogen-bond acceptors (Lipinski definition) is 5. The summed E-state index contributed by atoms with van der Waals surface area (Å²) in [5, 5.41) is 0.783. The first-order chi connectivity index (χ1) is 13.8. The molecule has 0 fully saturated rings. The van der Waals surface area contributed by atoms with Crippen LogP contribution in [0.25, 0.3) is 0 Å². The van der Waals surface area contributed by atoms with Crippen molar-refractivity contribution in [3.63, 3.8) is 0 Å². The minimum atomic E-state index is -0.522. The summed E-state index contributed by atoms with van der Waals surface area (Å²) in [5.41, 5.74) is 3.97. The van der Waals surface area contributed by atoms with Crippen LogP contribution in [0.15, 0.2) is 30.3 Å². The number of hydrogen-bond donors (Lipinski definition) is 0. The number of ketones is 1. The summed E-state index contributed by atoms with van der Waals surface area (Å²) in [6.07, 6.45) is 0.725. The average molecular weight is 415 g/mol. The quantitative estimate of drug-likeness (QED) is 0.419. The van der Waals surface area contributed by atoms with Crippen LogP contribution in [-0.2, 0) is 17.7 Å². The number of halogens is 1. The monoisotopic (exact) mass is 414 g/mol. The summed E-state index contributed by atoms with van der Waals surface area (Å²) in [6.45, 7) is 7.75. The first-order valence-corrected chi connectivity index (χ1v) is 10.1. The van der Waals surface area contributed by atoms with Gasteiger partial charge in [-0.2, -0.15) is 0 Å². The van der Waals surface area contributed by atoms with Gasteiger partial charge in [-0.3, -0.25) is 4.79 Å². The summed E-state index contributed by atoms with van der Waals surface area (Å²) in [6, 6.07) is 8.23. The van der Waals surface area contributed by atoms with E-state index >= 15 is 0 Å². The van der Waals surface area contributed by atoms with Crippen LogP contribution in [0.1, 0.15) is 47.7 Å². The molecule has 152 valence electrons. The molecule has 1 aromatic carbocycles. The van der Waals surface area contributed by atoms with Crippen molar-refractivity contribution in [2.75, 3.05) is 6.61 Å². The second-order valence-electron chi connectivity index (χ2n) is 6.96. The normalized spacial score (nSPS) is 10.9. The van der Waals surface area contributed by atoms with Gasteiger partial charge in [-0.25, -0.2) is 14.2 Å². The van der Waals surface area contributed by atoms with Crippen LogP contribution in [0.2, 0.25) is 0 Å². The number of nitrogens with zero attached hydrogens (tertiary/aromatic N) is 2. The number of carbonyl (C=O) groups excluding carboxylic acids is 2. The molecule has 0 spiro atoms. The molecule has 0 aliphatic carbocycles. The van der Waals surface area contributed by atoms with Crippen molar-refractivity contribution in [3.8, 4) is 0 Å². The number of carbonyl (C=O) groups is 2. The molecule has 0 N–H and O–H groups in total. The third-order valence-corrected chi connectivity index (χ3v) is 5.89. The molecule has 5 nitrogen and oxygen atoms in total. The Morgan fingerprint density at radius 2 is 1.83 bits per heavy atom. The van der Waals surface area contributed by atoms with Crippen molar-refractivity contribution in [2.45, 2.75) is 40.7 Å². The number of aromatic nitrogens is 2. The van der Waals surface area contributed by atoms with Crippen LogP contribution in [0.3, 0.4) is 0 Å². The fourth-order valence-corrected chi connectivity index (χ4v) is 4.13. The Kier molecular flexibility index (Phi) is 6.27. The SMILES string of the molecule is Cc1nc(C)c(C(=O)OCC(=O)c2cc(C)n(CCc3ccc(F)cc3)c2C)s1. The molecular weight excluding hydrogens is 391 g/mol. The van der Waals surface area contributed by atoms with E-state index in [2.05, 4.69) is 9.55 Å². The van der Waals surface area contributed by atoms with Crippen molar-refractivity contribution in [3.05, 3.63) is 74.2 Å². The van der Waals surface area contributed by atoms with Gasteiger partial charge in [0.1, 0.15) is 10.7 Å². The minimum absolute atomic E-state index is 0.238. The molecule has 0 saturated heterocycles. The summed E-state index contributed by atoms with van der Waals surface area (Å²) < 4.78 is 20.3. The third kappa shape index (κ3) is 4.79. The Hall–Kier alpha value is -2.80. The van der Waals surface area contributed by atoms with Crippen molar-refractivity contribution < 1.29 is 18.7 Å². The van der Waals surface area contributed by atoms with Crippen molar-refractivity contribution in [1.29, 1.82) is 0 Å². The van der Waals surface area contributed by atoms with Gasteiger partial charge >= 0.3 is 5.97 Å². The van der Waals surface area contributed by atoms with Crippen molar-refractivity contribution >= 4 is 23.1 Å². The topological polar surface area (TPSA) is 61.2 Å². The van der Waals surface area contributed by atoms with Gasteiger partial charge in [0.05, 0.1) is 10.7 Å². The Morgan fingerprint density at radius 3 is 2.45 bits per heavy atom. The molecule has 0 amide bonds. The molecule has 0 aliphatic rings. The van der Waals surface area contributed by atoms with E-state index in [-0.39, 0.29) is 18.2 Å². The maximum atomic E-state index is 13.0. The second-order valence-corrected chi connectivity index (χ2v) is 8.16. The second kappa shape index (κ2) is 8.69. The largest absolute Gasteiger partial charge is 0.453 e. The van der Waals surface area contributed by atoms with E-state index in [1.807, 2.05) is 26.8 Å². The summed E-state index contributed by atoms with van der Waals surface area (Å²) in [4.78, 5) is 29.5.